The molecule has 1 aromatic carbocycles. The van der Waals surface area contributed by atoms with Crippen LogP contribution < -0.4 is 10.1 Å². The van der Waals surface area contributed by atoms with Crippen LogP contribution in [0.15, 0.2) is 39.8 Å². The van der Waals surface area contributed by atoms with Crippen LogP contribution in [0, 0.1) is 0 Å². The number of benzene rings is 1. The molecule has 2 aliphatic rings. The molecule has 22 heavy (non-hydrogen) atoms. The van der Waals surface area contributed by atoms with E-state index >= 15 is 0 Å². The molecule has 116 valence electrons. The highest BCUT2D eigenvalue weighted by Crippen LogP contribution is 2.48. The number of aryl methyl sites for hydroxylation is 1. The van der Waals surface area contributed by atoms with Gasteiger partial charge in [0.2, 0.25) is 5.72 Å². The quantitative estimate of drug-likeness (QED) is 0.450. The lowest BCUT2D eigenvalue weighted by atomic mass is 9.98. The summed E-state index contributed by atoms with van der Waals surface area (Å²) in [6.07, 6.45) is 2.53. The normalized spacial score (nSPS) is 25.1. The van der Waals surface area contributed by atoms with E-state index in [9.17, 15) is 9.90 Å². The number of halogens is 1. The number of carbonyl (C=O) groups is 1. The predicted molar refractivity (Wildman–Crippen MR) is 85.7 cm³/mol. The molecule has 5 nitrogen and oxygen atoms in total. The number of nitrogens with one attached hydrogen (secondary N) is 1. The van der Waals surface area contributed by atoms with Crippen molar-refractivity contribution in [1.29, 1.82) is 0 Å². The monoisotopic (exact) mass is 365 g/mol. The number of cyclic esters (lactones) is 1. The number of anilines is 1. The van der Waals surface area contributed by atoms with Crippen LogP contribution in [-0.4, -0.2) is 16.8 Å². The van der Waals surface area contributed by atoms with Gasteiger partial charge in [0.25, 0.3) is 0 Å². The van der Waals surface area contributed by atoms with Crippen LogP contribution in [0.4, 0.5) is 5.69 Å². The molecule has 0 aliphatic carbocycles. The van der Waals surface area contributed by atoms with E-state index in [4.69, 9.17) is 9.47 Å². The number of fused-ring (bicyclic) bond motifs is 1. The van der Waals surface area contributed by atoms with E-state index in [1.165, 1.54) is 6.92 Å². The van der Waals surface area contributed by atoms with Gasteiger partial charge in [-0.3, -0.25) is 0 Å². The number of hydrogen-bond acceptors (Lipinski definition) is 5. The molecule has 0 amide bonds. The Labute approximate surface area is 136 Å². The van der Waals surface area contributed by atoms with E-state index in [1.54, 1.807) is 13.0 Å². The largest absolute Gasteiger partial charge is 0.512 e. The van der Waals surface area contributed by atoms with Crippen LogP contribution in [0.3, 0.4) is 0 Å². The SMILES string of the molecule is CCc1cc(Br)c2c(c1)N[C@]1(C=C(C)OC(=O)C1=C(C)O)O2. The van der Waals surface area contributed by atoms with Crippen molar-refractivity contribution in [3.63, 3.8) is 0 Å². The minimum Gasteiger partial charge on any atom is -0.512 e. The Morgan fingerprint density at radius 3 is 2.82 bits per heavy atom. The summed E-state index contributed by atoms with van der Waals surface area (Å²) in [5.74, 6) is 0.268. The Balaban J connectivity index is 2.16. The number of esters is 1. The molecule has 2 heterocycles. The van der Waals surface area contributed by atoms with Crippen molar-refractivity contribution in [3.8, 4) is 5.75 Å². The fourth-order valence-electron chi connectivity index (χ4n) is 2.77. The van der Waals surface area contributed by atoms with E-state index in [0.717, 1.165) is 22.1 Å². The predicted octanol–water partition coefficient (Wildman–Crippen LogP) is 3.80. The van der Waals surface area contributed by atoms with Crippen molar-refractivity contribution in [2.24, 2.45) is 0 Å². The Morgan fingerprint density at radius 1 is 1.45 bits per heavy atom. The van der Waals surface area contributed by atoms with Crippen molar-refractivity contribution in [1.82, 2.24) is 0 Å². The number of rotatable bonds is 1. The number of allylic oxidation sites excluding steroid dienone is 2. The van der Waals surface area contributed by atoms with Gasteiger partial charge in [-0.05, 0) is 53.9 Å². The van der Waals surface area contributed by atoms with Gasteiger partial charge in [0.1, 0.15) is 17.1 Å². The molecule has 1 spiro atoms. The molecule has 2 N–H and O–H groups in total. The van der Waals surface area contributed by atoms with E-state index in [0.29, 0.717) is 11.5 Å². The Hall–Kier alpha value is -1.95. The molecule has 0 radical (unpaired) electrons. The summed E-state index contributed by atoms with van der Waals surface area (Å²) < 4.78 is 11.9. The number of carbonyl (C=O) groups excluding carboxylic acids is 1. The smallest absolute Gasteiger partial charge is 0.349 e. The van der Waals surface area contributed by atoms with E-state index in [1.807, 2.05) is 12.1 Å². The zero-order valence-corrected chi connectivity index (χ0v) is 14.1. The molecular formula is C16H16BrNO4. The molecule has 0 bridgehead atoms. The maximum absolute atomic E-state index is 12.2. The molecule has 6 heteroatoms. The van der Waals surface area contributed by atoms with Gasteiger partial charge < -0.3 is 19.9 Å². The number of hydrogen-bond donors (Lipinski definition) is 2. The van der Waals surface area contributed by atoms with E-state index in [2.05, 4.69) is 28.2 Å². The minimum atomic E-state index is -1.24. The second-order valence-electron chi connectivity index (χ2n) is 5.38. The maximum Gasteiger partial charge on any atom is 0.349 e. The lowest BCUT2D eigenvalue weighted by Gasteiger charge is -2.31. The highest BCUT2D eigenvalue weighted by molar-refractivity contribution is 9.10. The van der Waals surface area contributed by atoms with Crippen molar-refractivity contribution >= 4 is 27.6 Å². The summed E-state index contributed by atoms with van der Waals surface area (Å²) in [7, 11) is 0. The summed E-state index contributed by atoms with van der Waals surface area (Å²) in [4.78, 5) is 12.2. The molecule has 0 saturated carbocycles. The summed E-state index contributed by atoms with van der Waals surface area (Å²) >= 11 is 3.50. The van der Waals surface area contributed by atoms with Crippen LogP contribution in [-0.2, 0) is 16.0 Å². The first-order valence-electron chi connectivity index (χ1n) is 6.98. The summed E-state index contributed by atoms with van der Waals surface area (Å²) in [5, 5.41) is 13.1. The van der Waals surface area contributed by atoms with Crippen molar-refractivity contribution in [3.05, 3.63) is 45.3 Å². The summed E-state index contributed by atoms with van der Waals surface area (Å²) in [5.41, 5.74) is 0.710. The molecular weight excluding hydrogens is 350 g/mol. The van der Waals surface area contributed by atoms with Gasteiger partial charge in [0.15, 0.2) is 5.75 Å². The highest BCUT2D eigenvalue weighted by Gasteiger charge is 2.49. The lowest BCUT2D eigenvalue weighted by molar-refractivity contribution is -0.138. The highest BCUT2D eigenvalue weighted by atomic mass is 79.9. The Morgan fingerprint density at radius 2 is 2.18 bits per heavy atom. The minimum absolute atomic E-state index is 0.0549. The van der Waals surface area contributed by atoms with Gasteiger partial charge in [-0.2, -0.15) is 0 Å². The van der Waals surface area contributed by atoms with Crippen LogP contribution in [0.5, 0.6) is 5.75 Å². The van der Waals surface area contributed by atoms with Crippen molar-refractivity contribution in [2.75, 3.05) is 5.32 Å². The Bertz CT molecular complexity index is 734. The third kappa shape index (κ3) is 2.18. The fraction of sp³-hybridized carbons (Fsp3) is 0.312. The first-order chi connectivity index (χ1) is 10.4. The summed E-state index contributed by atoms with van der Waals surface area (Å²) in [6.45, 7) is 5.17. The van der Waals surface area contributed by atoms with E-state index in [-0.39, 0.29) is 11.3 Å². The average Bonchev–Trinajstić information content (AvgIpc) is 2.75. The Kier molecular flexibility index (Phi) is 3.44. The zero-order chi connectivity index (χ0) is 16.1. The molecule has 0 unspecified atom stereocenters. The van der Waals surface area contributed by atoms with Gasteiger partial charge in [-0.1, -0.05) is 6.92 Å². The van der Waals surface area contributed by atoms with E-state index < -0.39 is 11.7 Å². The van der Waals surface area contributed by atoms with Gasteiger partial charge in [0, 0.05) is 6.08 Å². The third-order valence-corrected chi connectivity index (χ3v) is 4.28. The van der Waals surface area contributed by atoms with Crippen molar-refractivity contribution < 1.29 is 19.4 Å². The second kappa shape index (κ2) is 5.05. The van der Waals surface area contributed by atoms with Crippen LogP contribution in [0.1, 0.15) is 26.3 Å². The number of ether oxygens (including phenoxy) is 2. The summed E-state index contributed by atoms with van der Waals surface area (Å²) in [6, 6.07) is 3.95. The third-order valence-electron chi connectivity index (χ3n) is 3.69. The molecule has 3 rings (SSSR count). The van der Waals surface area contributed by atoms with Crippen LogP contribution in [0.2, 0.25) is 0 Å². The standard InChI is InChI=1S/C16H16BrNO4/c1-4-10-5-11(17)14-12(6-10)18-16(22-14)7-8(2)21-15(20)13(16)9(3)19/h5-7,18-19H,4H2,1-3H3/t16-/m1/s1. The van der Waals surface area contributed by atoms with Crippen molar-refractivity contribution in [2.45, 2.75) is 32.9 Å². The topological polar surface area (TPSA) is 67.8 Å². The maximum atomic E-state index is 12.2. The first-order valence-corrected chi connectivity index (χ1v) is 7.77. The second-order valence-corrected chi connectivity index (χ2v) is 6.23. The van der Waals surface area contributed by atoms with Gasteiger partial charge in [-0.25, -0.2) is 4.79 Å². The average molecular weight is 366 g/mol. The van der Waals surface area contributed by atoms with Gasteiger partial charge in [-0.15, -0.1) is 0 Å². The van der Waals surface area contributed by atoms with Gasteiger partial charge in [0.05, 0.1) is 10.2 Å². The molecule has 1 aromatic rings. The van der Waals surface area contributed by atoms with Crippen LogP contribution >= 0.6 is 15.9 Å². The number of aliphatic hydroxyl groups is 1. The zero-order valence-electron chi connectivity index (χ0n) is 12.5. The first kappa shape index (κ1) is 15.0. The number of aliphatic hydroxyl groups excluding tert-OH is 1. The molecule has 0 saturated heterocycles. The molecule has 0 aromatic heterocycles. The molecule has 1 atom stereocenters. The fourth-order valence-corrected chi connectivity index (χ4v) is 3.36. The molecule has 2 aliphatic heterocycles. The lowest BCUT2D eigenvalue weighted by Crippen LogP contribution is -2.47. The van der Waals surface area contributed by atoms with Crippen LogP contribution in [0.25, 0.3) is 0 Å². The van der Waals surface area contributed by atoms with Gasteiger partial charge >= 0.3 is 5.97 Å². The molecule has 0 fully saturated rings.